The summed E-state index contributed by atoms with van der Waals surface area (Å²) in [6, 6.07) is 0. The summed E-state index contributed by atoms with van der Waals surface area (Å²) in [5.41, 5.74) is 1.91. The SMILES string of the molecule is C=C1C[C@]23[C@@H](CC[C@H]4[C@@](C)(CO[Si](C)(C)C(C)(C)C)CCC[C@@]42C)C[C@@H](C)C(=O)[C@@H]13. The van der Waals surface area contributed by atoms with E-state index in [0.29, 0.717) is 17.6 Å². The standard InChI is InChI=1S/C27H46O2Si/c1-18-15-20-11-12-21-25(6,17-29-30(8,9)24(3,4)5)13-10-14-26(21,7)27(20)16-19(2)22(27)23(18)28/h18,20-22H,2,10-17H2,1,3-9H3/t18-,20+,21+,22-,25-,26+,27-/m1/s1. The van der Waals surface area contributed by atoms with Gasteiger partial charge < -0.3 is 4.43 Å². The molecule has 4 saturated carbocycles. The van der Waals surface area contributed by atoms with Crippen LogP contribution >= 0.6 is 0 Å². The average molecular weight is 431 g/mol. The zero-order valence-corrected chi connectivity index (χ0v) is 22.0. The predicted octanol–water partition coefficient (Wildman–Crippen LogP) is 7.40. The molecule has 4 rings (SSSR count). The highest BCUT2D eigenvalue weighted by Crippen LogP contribution is 2.77. The largest absolute Gasteiger partial charge is 0.416 e. The van der Waals surface area contributed by atoms with Crippen LogP contribution in [-0.2, 0) is 9.22 Å². The lowest BCUT2D eigenvalue weighted by molar-refractivity contribution is -0.226. The first kappa shape index (κ1) is 22.8. The zero-order valence-electron chi connectivity index (χ0n) is 21.0. The number of fused-ring (bicyclic) bond motifs is 1. The van der Waals surface area contributed by atoms with Crippen LogP contribution < -0.4 is 0 Å². The monoisotopic (exact) mass is 430 g/mol. The lowest BCUT2D eigenvalue weighted by atomic mass is 9.30. The van der Waals surface area contributed by atoms with Gasteiger partial charge in [-0.2, -0.15) is 0 Å². The van der Waals surface area contributed by atoms with Crippen molar-refractivity contribution in [2.24, 2.45) is 39.9 Å². The molecule has 0 aliphatic heterocycles. The molecule has 0 unspecified atom stereocenters. The molecule has 0 aromatic carbocycles. The van der Waals surface area contributed by atoms with Gasteiger partial charge in [-0.1, -0.05) is 60.1 Å². The summed E-state index contributed by atoms with van der Waals surface area (Å²) in [7, 11) is -1.77. The van der Waals surface area contributed by atoms with Gasteiger partial charge >= 0.3 is 0 Å². The Kier molecular flexibility index (Phi) is 5.16. The van der Waals surface area contributed by atoms with Gasteiger partial charge in [-0.05, 0) is 84.7 Å². The van der Waals surface area contributed by atoms with Crippen molar-refractivity contribution in [2.75, 3.05) is 6.61 Å². The molecule has 0 radical (unpaired) electrons. The Morgan fingerprint density at radius 1 is 1.17 bits per heavy atom. The molecule has 170 valence electrons. The average Bonchev–Trinajstić information content (AvgIpc) is 2.60. The molecule has 1 spiro atoms. The predicted molar refractivity (Wildman–Crippen MR) is 128 cm³/mol. The first-order chi connectivity index (χ1) is 13.7. The van der Waals surface area contributed by atoms with E-state index in [0.717, 1.165) is 19.4 Å². The molecule has 3 heteroatoms. The minimum Gasteiger partial charge on any atom is -0.416 e. The molecule has 0 saturated heterocycles. The number of ketones is 1. The van der Waals surface area contributed by atoms with E-state index in [-0.39, 0.29) is 33.1 Å². The summed E-state index contributed by atoms with van der Waals surface area (Å²) in [6.07, 6.45) is 8.68. The summed E-state index contributed by atoms with van der Waals surface area (Å²) in [4.78, 5) is 13.3. The zero-order chi connectivity index (χ0) is 22.3. The number of carbonyl (C=O) groups is 1. The van der Waals surface area contributed by atoms with Crippen LogP contribution in [0.3, 0.4) is 0 Å². The van der Waals surface area contributed by atoms with E-state index < -0.39 is 8.32 Å². The van der Waals surface area contributed by atoms with Gasteiger partial charge in [0.1, 0.15) is 5.78 Å². The van der Waals surface area contributed by atoms with Crippen molar-refractivity contribution >= 4 is 14.1 Å². The maximum absolute atomic E-state index is 13.3. The molecule has 4 aliphatic carbocycles. The van der Waals surface area contributed by atoms with Crippen LogP contribution in [0.2, 0.25) is 18.1 Å². The molecule has 4 aliphatic rings. The molecular formula is C27H46O2Si. The van der Waals surface area contributed by atoms with E-state index in [2.05, 4.69) is 61.2 Å². The van der Waals surface area contributed by atoms with E-state index in [9.17, 15) is 4.79 Å². The van der Waals surface area contributed by atoms with Crippen LogP contribution in [0.15, 0.2) is 12.2 Å². The minimum atomic E-state index is -1.77. The fourth-order valence-electron chi connectivity index (χ4n) is 8.36. The van der Waals surface area contributed by atoms with Crippen molar-refractivity contribution in [1.82, 2.24) is 0 Å². The molecule has 30 heavy (non-hydrogen) atoms. The molecule has 0 aromatic rings. The maximum Gasteiger partial charge on any atom is 0.192 e. The van der Waals surface area contributed by atoms with Crippen molar-refractivity contribution in [3.05, 3.63) is 12.2 Å². The van der Waals surface area contributed by atoms with Crippen LogP contribution in [0.5, 0.6) is 0 Å². The Labute approximate surface area is 186 Å². The summed E-state index contributed by atoms with van der Waals surface area (Å²) >= 11 is 0. The van der Waals surface area contributed by atoms with E-state index in [1.54, 1.807) is 0 Å². The molecular weight excluding hydrogens is 384 g/mol. The van der Waals surface area contributed by atoms with Gasteiger partial charge in [0.05, 0.1) is 0 Å². The molecule has 4 fully saturated rings. The van der Waals surface area contributed by atoms with Crippen LogP contribution in [0.25, 0.3) is 0 Å². The second-order valence-corrected chi connectivity index (χ2v) is 18.5. The van der Waals surface area contributed by atoms with Crippen molar-refractivity contribution in [1.29, 1.82) is 0 Å². The third-order valence-electron chi connectivity index (χ3n) is 11.1. The van der Waals surface area contributed by atoms with E-state index in [1.165, 1.54) is 37.7 Å². The van der Waals surface area contributed by atoms with Gasteiger partial charge in [0.25, 0.3) is 0 Å². The lowest BCUT2D eigenvalue weighted by Gasteiger charge is -2.74. The normalized spacial score (nSPS) is 46.5. The number of hydrogen-bond acceptors (Lipinski definition) is 2. The van der Waals surface area contributed by atoms with E-state index in [4.69, 9.17) is 4.43 Å². The molecule has 0 bridgehead atoms. The molecule has 0 N–H and O–H groups in total. The topological polar surface area (TPSA) is 26.3 Å². The van der Waals surface area contributed by atoms with E-state index in [1.807, 2.05) is 0 Å². The molecule has 7 atom stereocenters. The molecule has 0 aromatic heterocycles. The van der Waals surface area contributed by atoms with Gasteiger partial charge in [0.15, 0.2) is 8.32 Å². The van der Waals surface area contributed by atoms with Crippen LogP contribution in [0.4, 0.5) is 0 Å². The van der Waals surface area contributed by atoms with Gasteiger partial charge in [-0.25, -0.2) is 0 Å². The van der Waals surface area contributed by atoms with Crippen molar-refractivity contribution < 1.29 is 9.22 Å². The Morgan fingerprint density at radius 3 is 2.43 bits per heavy atom. The van der Waals surface area contributed by atoms with Gasteiger partial charge in [0, 0.05) is 18.4 Å². The second-order valence-electron chi connectivity index (χ2n) is 13.6. The molecule has 0 amide bonds. The van der Waals surface area contributed by atoms with Crippen LogP contribution in [0, 0.1) is 39.9 Å². The fraction of sp³-hybridized carbons (Fsp3) is 0.889. The number of allylic oxidation sites excluding steroid dienone is 1. The highest BCUT2D eigenvalue weighted by atomic mass is 28.4. The number of Topliss-reactive ketones (excluding diaryl/α,β-unsaturated/α-hetero) is 1. The van der Waals surface area contributed by atoms with Crippen molar-refractivity contribution in [3.8, 4) is 0 Å². The summed E-state index contributed by atoms with van der Waals surface area (Å²) in [6.45, 7) is 24.4. The Balaban J connectivity index is 1.66. The first-order valence-corrected chi connectivity index (χ1v) is 15.5. The number of hydrogen-bond donors (Lipinski definition) is 0. The first-order valence-electron chi connectivity index (χ1n) is 12.5. The Bertz CT molecular complexity index is 748. The highest BCUT2D eigenvalue weighted by Gasteiger charge is 2.72. The van der Waals surface area contributed by atoms with Crippen molar-refractivity contribution in [2.45, 2.75) is 105 Å². The summed E-state index contributed by atoms with van der Waals surface area (Å²) < 4.78 is 6.86. The van der Waals surface area contributed by atoms with Crippen LogP contribution in [-0.4, -0.2) is 20.7 Å². The third kappa shape index (κ3) is 2.86. The summed E-state index contributed by atoms with van der Waals surface area (Å²) in [5, 5.41) is 0.250. The third-order valence-corrected chi connectivity index (χ3v) is 15.5. The Morgan fingerprint density at radius 2 is 1.83 bits per heavy atom. The number of carbonyl (C=O) groups excluding carboxylic acids is 1. The smallest absolute Gasteiger partial charge is 0.192 e. The minimum absolute atomic E-state index is 0.141. The highest BCUT2D eigenvalue weighted by molar-refractivity contribution is 6.74. The van der Waals surface area contributed by atoms with Gasteiger partial charge in [-0.3, -0.25) is 4.79 Å². The Hall–Kier alpha value is -0.413. The van der Waals surface area contributed by atoms with Gasteiger partial charge in [-0.15, -0.1) is 0 Å². The fourth-order valence-corrected chi connectivity index (χ4v) is 9.49. The molecule has 2 nitrogen and oxygen atoms in total. The quantitative estimate of drug-likeness (QED) is 0.344. The number of rotatable bonds is 3. The maximum atomic E-state index is 13.3. The van der Waals surface area contributed by atoms with Crippen LogP contribution in [0.1, 0.15) is 86.5 Å². The van der Waals surface area contributed by atoms with E-state index >= 15 is 0 Å². The lowest BCUT2D eigenvalue weighted by Crippen LogP contribution is -2.70. The molecule has 0 heterocycles. The van der Waals surface area contributed by atoms with Crippen molar-refractivity contribution in [3.63, 3.8) is 0 Å². The summed E-state index contributed by atoms with van der Waals surface area (Å²) in [5.74, 6) is 2.25. The van der Waals surface area contributed by atoms with Gasteiger partial charge in [0.2, 0.25) is 0 Å². The second kappa shape index (κ2) is 6.79.